The fourth-order valence-electron chi connectivity index (χ4n) is 4.06. The number of nitrogens with one attached hydrogen (secondary N) is 2. The van der Waals surface area contributed by atoms with Gasteiger partial charge in [0.25, 0.3) is 0 Å². The van der Waals surface area contributed by atoms with Crippen LogP contribution in [-0.2, 0) is 21.2 Å². The smallest absolute Gasteiger partial charge is 0.229 e. The highest BCUT2D eigenvalue weighted by Crippen LogP contribution is 2.23. The molecule has 33 heavy (non-hydrogen) atoms. The molecule has 2 aromatic heterocycles. The van der Waals surface area contributed by atoms with E-state index in [4.69, 9.17) is 4.98 Å². The molecule has 8 nitrogen and oxygen atoms in total. The summed E-state index contributed by atoms with van der Waals surface area (Å²) < 4.78 is 27.3. The predicted molar refractivity (Wildman–Crippen MR) is 130 cm³/mol. The molecule has 0 aliphatic carbocycles. The Balaban J connectivity index is 1.47. The van der Waals surface area contributed by atoms with Gasteiger partial charge in [0.05, 0.1) is 17.8 Å². The number of sulfonamides is 1. The maximum absolute atomic E-state index is 12.7. The van der Waals surface area contributed by atoms with E-state index in [9.17, 15) is 13.2 Å². The van der Waals surface area contributed by atoms with Crippen LogP contribution in [0.15, 0.2) is 48.5 Å². The second-order valence-corrected chi connectivity index (χ2v) is 10.1. The zero-order chi connectivity index (χ0) is 23.8. The van der Waals surface area contributed by atoms with E-state index in [1.807, 2.05) is 55.6 Å². The monoisotopic (exact) mass is 465 g/mol. The maximum atomic E-state index is 12.7. The van der Waals surface area contributed by atoms with E-state index in [1.165, 1.54) is 0 Å². The lowest BCUT2D eigenvalue weighted by molar-refractivity contribution is -0.121. The van der Waals surface area contributed by atoms with Crippen LogP contribution < -0.4 is 10.0 Å². The summed E-state index contributed by atoms with van der Waals surface area (Å²) in [7, 11) is -3.36. The van der Waals surface area contributed by atoms with Gasteiger partial charge in [0.2, 0.25) is 15.9 Å². The molecule has 0 radical (unpaired) electrons. The van der Waals surface area contributed by atoms with Gasteiger partial charge >= 0.3 is 0 Å². The SMILES string of the molecule is Cc1nc2c3ccccc3nn2c(C)c1CCC(=O)NC(C)c1cccc(NS(C)(=O)=O)c1. The molecule has 0 saturated carbocycles. The molecule has 2 heterocycles. The number of hydrogen-bond acceptors (Lipinski definition) is 5. The van der Waals surface area contributed by atoms with Crippen LogP contribution >= 0.6 is 0 Å². The van der Waals surface area contributed by atoms with E-state index in [0.717, 1.165) is 45.3 Å². The van der Waals surface area contributed by atoms with Gasteiger partial charge in [-0.1, -0.05) is 24.3 Å². The van der Waals surface area contributed by atoms with Crippen LogP contribution in [0.5, 0.6) is 0 Å². The number of fused-ring (bicyclic) bond motifs is 3. The summed E-state index contributed by atoms with van der Waals surface area (Å²) in [4.78, 5) is 17.4. The Morgan fingerprint density at radius 2 is 1.88 bits per heavy atom. The molecule has 2 aromatic carbocycles. The van der Waals surface area contributed by atoms with Crippen LogP contribution in [0.1, 0.15) is 41.9 Å². The Hall–Kier alpha value is -3.46. The molecule has 0 aliphatic heterocycles. The van der Waals surface area contributed by atoms with Gasteiger partial charge < -0.3 is 5.32 Å². The molecule has 172 valence electrons. The van der Waals surface area contributed by atoms with E-state index in [1.54, 1.807) is 18.2 Å². The number of aryl methyl sites for hydroxylation is 2. The van der Waals surface area contributed by atoms with Crippen LogP contribution in [0.2, 0.25) is 0 Å². The van der Waals surface area contributed by atoms with Gasteiger partial charge in [0.15, 0.2) is 5.65 Å². The van der Waals surface area contributed by atoms with Crippen LogP contribution in [0.25, 0.3) is 16.6 Å². The molecule has 1 amide bonds. The lowest BCUT2D eigenvalue weighted by Crippen LogP contribution is -2.27. The summed E-state index contributed by atoms with van der Waals surface area (Å²) in [5, 5.41) is 8.67. The van der Waals surface area contributed by atoms with Gasteiger partial charge in [0.1, 0.15) is 0 Å². The van der Waals surface area contributed by atoms with E-state index < -0.39 is 10.0 Å². The molecule has 1 atom stereocenters. The topological polar surface area (TPSA) is 105 Å². The van der Waals surface area contributed by atoms with E-state index in [2.05, 4.69) is 15.1 Å². The van der Waals surface area contributed by atoms with Crippen molar-refractivity contribution < 1.29 is 13.2 Å². The first-order valence-electron chi connectivity index (χ1n) is 10.7. The summed E-state index contributed by atoms with van der Waals surface area (Å²) in [5.41, 5.74) is 5.88. The van der Waals surface area contributed by atoms with Crippen molar-refractivity contribution in [2.75, 3.05) is 11.0 Å². The van der Waals surface area contributed by atoms with Crippen molar-refractivity contribution in [3.05, 3.63) is 71.0 Å². The molecule has 1 unspecified atom stereocenters. The molecule has 0 spiro atoms. The quantitative estimate of drug-likeness (QED) is 0.433. The Kier molecular flexibility index (Phi) is 6.07. The third-order valence-corrected chi connectivity index (χ3v) is 6.29. The van der Waals surface area contributed by atoms with Crippen molar-refractivity contribution in [3.63, 3.8) is 0 Å². The van der Waals surface area contributed by atoms with Crippen LogP contribution in [0.4, 0.5) is 5.69 Å². The van der Waals surface area contributed by atoms with Crippen molar-refractivity contribution >= 4 is 38.2 Å². The first-order valence-corrected chi connectivity index (χ1v) is 12.6. The number of anilines is 1. The lowest BCUT2D eigenvalue weighted by Gasteiger charge is -2.16. The number of carbonyl (C=O) groups excluding carboxylic acids is 1. The normalized spacial score (nSPS) is 12.7. The van der Waals surface area contributed by atoms with Crippen LogP contribution in [0.3, 0.4) is 0 Å². The van der Waals surface area contributed by atoms with E-state index in [-0.39, 0.29) is 11.9 Å². The lowest BCUT2D eigenvalue weighted by atomic mass is 10.0. The Labute approximate surface area is 193 Å². The highest BCUT2D eigenvalue weighted by atomic mass is 32.2. The van der Waals surface area contributed by atoms with Gasteiger partial charge in [-0.3, -0.25) is 9.52 Å². The molecule has 0 saturated heterocycles. The summed E-state index contributed by atoms with van der Waals surface area (Å²) in [5.74, 6) is -0.0894. The van der Waals surface area contributed by atoms with E-state index in [0.29, 0.717) is 18.5 Å². The fraction of sp³-hybridized carbons (Fsp3) is 0.292. The second-order valence-electron chi connectivity index (χ2n) is 8.30. The van der Waals surface area contributed by atoms with Gasteiger partial charge in [-0.05, 0) is 62.6 Å². The summed E-state index contributed by atoms with van der Waals surface area (Å²) >= 11 is 0. The van der Waals surface area contributed by atoms with Crippen molar-refractivity contribution in [2.24, 2.45) is 0 Å². The Morgan fingerprint density at radius 1 is 1.12 bits per heavy atom. The maximum Gasteiger partial charge on any atom is 0.229 e. The highest BCUT2D eigenvalue weighted by molar-refractivity contribution is 7.92. The minimum Gasteiger partial charge on any atom is -0.350 e. The molecular formula is C24H27N5O3S. The number of rotatable bonds is 7. The van der Waals surface area contributed by atoms with Gasteiger partial charge in [-0.15, -0.1) is 0 Å². The molecule has 2 N–H and O–H groups in total. The third kappa shape index (κ3) is 4.98. The summed E-state index contributed by atoms with van der Waals surface area (Å²) in [6.07, 6.45) is 1.96. The highest BCUT2D eigenvalue weighted by Gasteiger charge is 2.16. The standard InChI is InChI=1S/C24H27N5O3S/c1-15(18-8-7-9-19(14-18)28-33(4,31)32)25-23(30)13-12-20-16(2)26-24-21-10-5-6-11-22(21)27-29(24)17(20)3/h5-11,14-15,28H,12-13H2,1-4H3,(H,25,30). The summed E-state index contributed by atoms with van der Waals surface area (Å²) in [6, 6.07) is 14.6. The molecule has 0 fully saturated rings. The van der Waals surface area contributed by atoms with Crippen molar-refractivity contribution in [1.82, 2.24) is 19.9 Å². The number of amides is 1. The number of benzene rings is 2. The molecule has 4 rings (SSSR count). The zero-order valence-corrected chi connectivity index (χ0v) is 19.9. The Morgan fingerprint density at radius 3 is 2.64 bits per heavy atom. The predicted octanol–water partition coefficient (Wildman–Crippen LogP) is 3.68. The number of aromatic nitrogens is 3. The van der Waals surface area contributed by atoms with Crippen molar-refractivity contribution in [2.45, 2.75) is 39.7 Å². The molecule has 0 aliphatic rings. The first kappa shape index (κ1) is 22.7. The van der Waals surface area contributed by atoms with Gasteiger partial charge in [-0.2, -0.15) is 5.10 Å². The average molecular weight is 466 g/mol. The largest absolute Gasteiger partial charge is 0.350 e. The van der Waals surface area contributed by atoms with Crippen LogP contribution in [-0.4, -0.2) is 35.2 Å². The molecule has 4 aromatic rings. The minimum atomic E-state index is -3.36. The first-order chi connectivity index (χ1) is 15.6. The number of hydrogen-bond donors (Lipinski definition) is 2. The van der Waals surface area contributed by atoms with Crippen molar-refractivity contribution in [3.8, 4) is 0 Å². The molecular weight excluding hydrogens is 438 g/mol. The number of carbonyl (C=O) groups is 1. The van der Waals surface area contributed by atoms with Gasteiger partial charge in [0, 0.05) is 28.9 Å². The Bertz CT molecular complexity index is 1460. The fourth-order valence-corrected chi connectivity index (χ4v) is 4.61. The zero-order valence-electron chi connectivity index (χ0n) is 19.1. The molecule has 0 bridgehead atoms. The minimum absolute atomic E-state index is 0.0894. The van der Waals surface area contributed by atoms with Crippen molar-refractivity contribution in [1.29, 1.82) is 0 Å². The number of nitrogens with zero attached hydrogens (tertiary/aromatic N) is 3. The van der Waals surface area contributed by atoms with Gasteiger partial charge in [-0.25, -0.2) is 17.9 Å². The van der Waals surface area contributed by atoms with Crippen LogP contribution in [0, 0.1) is 13.8 Å². The second kappa shape index (κ2) is 8.82. The average Bonchev–Trinajstić information content (AvgIpc) is 3.11. The molecule has 9 heteroatoms. The van der Waals surface area contributed by atoms with E-state index >= 15 is 0 Å². The third-order valence-electron chi connectivity index (χ3n) is 5.69. The summed E-state index contributed by atoms with van der Waals surface area (Å²) in [6.45, 7) is 5.84.